The summed E-state index contributed by atoms with van der Waals surface area (Å²) in [5.41, 5.74) is 1.12. The zero-order valence-electron chi connectivity index (χ0n) is 14.1. The van der Waals surface area contributed by atoms with Gasteiger partial charge in [-0.1, -0.05) is 23.8 Å². The van der Waals surface area contributed by atoms with E-state index in [4.69, 9.17) is 9.67 Å². The van der Waals surface area contributed by atoms with Crippen molar-refractivity contribution in [2.45, 2.75) is 39.2 Å². The van der Waals surface area contributed by atoms with E-state index in [2.05, 4.69) is 4.89 Å². The van der Waals surface area contributed by atoms with Gasteiger partial charge in [-0.3, -0.25) is 5.26 Å². The van der Waals surface area contributed by atoms with Crippen molar-refractivity contribution >= 4 is 11.0 Å². The first-order chi connectivity index (χ1) is 11.3. The van der Waals surface area contributed by atoms with Crippen LogP contribution in [0.4, 0.5) is 0 Å². The molecule has 24 heavy (non-hydrogen) atoms. The molecule has 5 heteroatoms. The number of hydrogen-bond donors (Lipinski definition) is 2. The summed E-state index contributed by atoms with van der Waals surface area (Å²) in [6, 6.07) is 6.33. The first-order valence-corrected chi connectivity index (χ1v) is 7.72. The van der Waals surface area contributed by atoms with Crippen LogP contribution in [-0.2, 0) is 11.3 Å². The smallest absolute Gasteiger partial charge is 0.336 e. The Hall–Kier alpha value is -2.37. The van der Waals surface area contributed by atoms with Crippen molar-refractivity contribution in [2.75, 3.05) is 0 Å². The summed E-state index contributed by atoms with van der Waals surface area (Å²) in [6.07, 6.45) is 7.03. The summed E-state index contributed by atoms with van der Waals surface area (Å²) in [5, 5.41) is 19.6. The van der Waals surface area contributed by atoms with E-state index in [9.17, 15) is 9.90 Å². The van der Waals surface area contributed by atoms with Crippen molar-refractivity contribution in [2.24, 2.45) is 0 Å². The van der Waals surface area contributed by atoms with E-state index < -0.39 is 11.2 Å². The molecular formula is C19H22O5. The average molecular weight is 330 g/mol. The summed E-state index contributed by atoms with van der Waals surface area (Å²) in [5.74, 6) is 0.103. The highest BCUT2D eigenvalue weighted by atomic mass is 17.1. The normalized spacial score (nSPS) is 13.1. The van der Waals surface area contributed by atoms with E-state index >= 15 is 0 Å². The average Bonchev–Trinajstić information content (AvgIpc) is 2.52. The molecule has 2 aromatic rings. The number of aromatic hydroxyl groups is 1. The van der Waals surface area contributed by atoms with Gasteiger partial charge in [0.1, 0.15) is 16.9 Å². The van der Waals surface area contributed by atoms with Crippen molar-refractivity contribution in [3.05, 3.63) is 64.1 Å². The SMILES string of the molecule is CC(=CCc1cc2ccc(=O)oc2cc1O)CC=CC(C)(C)OO. The molecule has 0 aliphatic carbocycles. The van der Waals surface area contributed by atoms with Crippen LogP contribution in [-0.4, -0.2) is 16.0 Å². The lowest BCUT2D eigenvalue weighted by Crippen LogP contribution is -2.18. The lowest BCUT2D eigenvalue weighted by molar-refractivity contribution is -0.297. The van der Waals surface area contributed by atoms with Crippen LogP contribution in [0, 0.1) is 0 Å². The van der Waals surface area contributed by atoms with E-state index in [0.717, 1.165) is 22.9 Å². The summed E-state index contributed by atoms with van der Waals surface area (Å²) in [6.45, 7) is 5.51. The van der Waals surface area contributed by atoms with Crippen molar-refractivity contribution in [3.63, 3.8) is 0 Å². The molecule has 5 nitrogen and oxygen atoms in total. The Morgan fingerprint density at radius 2 is 2.08 bits per heavy atom. The van der Waals surface area contributed by atoms with Gasteiger partial charge in [0.25, 0.3) is 0 Å². The number of allylic oxidation sites excluding steroid dienone is 3. The van der Waals surface area contributed by atoms with Crippen molar-refractivity contribution < 1.29 is 19.7 Å². The first kappa shape index (κ1) is 18.0. The van der Waals surface area contributed by atoms with Crippen LogP contribution in [0.2, 0.25) is 0 Å². The number of hydrogen-bond acceptors (Lipinski definition) is 5. The molecule has 0 amide bonds. The molecule has 0 aliphatic rings. The molecular weight excluding hydrogens is 308 g/mol. The van der Waals surface area contributed by atoms with E-state index in [1.165, 1.54) is 12.1 Å². The number of benzene rings is 1. The molecule has 0 saturated carbocycles. The molecule has 1 heterocycles. The lowest BCUT2D eigenvalue weighted by Gasteiger charge is -2.14. The monoisotopic (exact) mass is 330 g/mol. The molecule has 0 saturated heterocycles. The molecule has 0 atom stereocenters. The van der Waals surface area contributed by atoms with Gasteiger partial charge in [0.2, 0.25) is 0 Å². The highest BCUT2D eigenvalue weighted by molar-refractivity contribution is 5.79. The Labute approximate surface area is 140 Å². The molecule has 0 bridgehead atoms. The number of rotatable bonds is 6. The molecule has 0 unspecified atom stereocenters. The fraction of sp³-hybridized carbons (Fsp3) is 0.316. The Bertz CT molecular complexity index is 827. The molecule has 0 fully saturated rings. The second-order valence-electron chi connectivity index (χ2n) is 6.33. The second-order valence-corrected chi connectivity index (χ2v) is 6.33. The van der Waals surface area contributed by atoms with Crippen LogP contribution in [0.3, 0.4) is 0 Å². The molecule has 1 aromatic heterocycles. The maximum atomic E-state index is 11.2. The maximum Gasteiger partial charge on any atom is 0.336 e. The zero-order chi connectivity index (χ0) is 17.7. The van der Waals surface area contributed by atoms with Gasteiger partial charge in [-0.15, -0.1) is 0 Å². The van der Waals surface area contributed by atoms with Gasteiger partial charge in [-0.25, -0.2) is 9.68 Å². The summed E-state index contributed by atoms with van der Waals surface area (Å²) in [7, 11) is 0. The van der Waals surface area contributed by atoms with E-state index in [-0.39, 0.29) is 5.75 Å². The van der Waals surface area contributed by atoms with Crippen LogP contribution in [0.1, 0.15) is 32.8 Å². The molecule has 2 N–H and O–H groups in total. The largest absolute Gasteiger partial charge is 0.508 e. The van der Waals surface area contributed by atoms with Crippen molar-refractivity contribution in [1.82, 2.24) is 0 Å². The van der Waals surface area contributed by atoms with Gasteiger partial charge in [0, 0.05) is 17.5 Å². The molecule has 0 radical (unpaired) electrons. The van der Waals surface area contributed by atoms with Gasteiger partial charge in [-0.05, 0) is 51.3 Å². The quantitative estimate of drug-likeness (QED) is 0.359. The van der Waals surface area contributed by atoms with Crippen molar-refractivity contribution in [3.8, 4) is 5.75 Å². The topological polar surface area (TPSA) is 79.9 Å². The van der Waals surface area contributed by atoms with Crippen LogP contribution in [0.15, 0.2) is 57.3 Å². The fourth-order valence-electron chi connectivity index (χ4n) is 2.24. The van der Waals surface area contributed by atoms with Crippen LogP contribution < -0.4 is 5.63 Å². The second kappa shape index (κ2) is 7.47. The Morgan fingerprint density at radius 3 is 2.79 bits per heavy atom. The fourth-order valence-corrected chi connectivity index (χ4v) is 2.24. The Kier molecular flexibility index (Phi) is 5.59. The van der Waals surface area contributed by atoms with Gasteiger partial charge in [-0.2, -0.15) is 0 Å². The van der Waals surface area contributed by atoms with Crippen LogP contribution in [0.25, 0.3) is 11.0 Å². The highest BCUT2D eigenvalue weighted by Gasteiger charge is 2.12. The predicted octanol–water partition coefficient (Wildman–Crippen LogP) is 4.20. The third-order valence-electron chi connectivity index (χ3n) is 3.69. The van der Waals surface area contributed by atoms with Crippen molar-refractivity contribution in [1.29, 1.82) is 0 Å². The standard InChI is InChI=1S/C19H22O5/c1-13(5-4-10-19(2,3)24-22)6-7-14-11-15-8-9-18(21)23-17(15)12-16(14)20/h4,6,8-12,20,22H,5,7H2,1-3H3. The minimum absolute atomic E-state index is 0.103. The molecule has 0 aliphatic heterocycles. The Morgan fingerprint density at radius 1 is 1.33 bits per heavy atom. The van der Waals surface area contributed by atoms with Crippen LogP contribution >= 0.6 is 0 Å². The Balaban J connectivity index is 2.10. The van der Waals surface area contributed by atoms with Crippen LogP contribution in [0.5, 0.6) is 5.75 Å². The third kappa shape index (κ3) is 4.81. The lowest BCUT2D eigenvalue weighted by atomic mass is 10.0. The van der Waals surface area contributed by atoms with E-state index in [1.807, 2.05) is 25.1 Å². The van der Waals surface area contributed by atoms with Gasteiger partial charge >= 0.3 is 5.63 Å². The summed E-state index contributed by atoms with van der Waals surface area (Å²) < 4.78 is 5.05. The molecule has 1 aromatic carbocycles. The number of fused-ring (bicyclic) bond motifs is 1. The summed E-state index contributed by atoms with van der Waals surface area (Å²) in [4.78, 5) is 15.5. The molecule has 2 rings (SSSR count). The molecule has 128 valence electrons. The first-order valence-electron chi connectivity index (χ1n) is 7.72. The minimum Gasteiger partial charge on any atom is -0.508 e. The predicted molar refractivity (Wildman–Crippen MR) is 93.2 cm³/mol. The van der Waals surface area contributed by atoms with E-state index in [1.54, 1.807) is 26.0 Å². The summed E-state index contributed by atoms with van der Waals surface area (Å²) >= 11 is 0. The zero-order valence-corrected chi connectivity index (χ0v) is 14.1. The van der Waals surface area contributed by atoms with Gasteiger partial charge in [0.15, 0.2) is 0 Å². The van der Waals surface area contributed by atoms with Gasteiger partial charge < -0.3 is 9.52 Å². The van der Waals surface area contributed by atoms with E-state index in [0.29, 0.717) is 12.0 Å². The minimum atomic E-state index is -0.708. The van der Waals surface area contributed by atoms with Gasteiger partial charge in [0.05, 0.1) is 0 Å². The highest BCUT2D eigenvalue weighted by Crippen LogP contribution is 2.25. The molecule has 0 spiro atoms. The third-order valence-corrected chi connectivity index (χ3v) is 3.69. The number of phenols is 1. The maximum absolute atomic E-state index is 11.2. The number of phenolic OH excluding ortho intramolecular Hbond substituents is 1.